The van der Waals surface area contributed by atoms with Crippen LogP contribution in [0.2, 0.25) is 0 Å². The van der Waals surface area contributed by atoms with Crippen LogP contribution >= 0.6 is 0 Å². The molecular weight excluding hydrogens is 352 g/mol. The third-order valence-electron chi connectivity index (χ3n) is 5.65. The van der Waals surface area contributed by atoms with Gasteiger partial charge in [0.1, 0.15) is 5.82 Å². The topological polar surface area (TPSA) is 86.9 Å². The molecule has 1 aliphatic rings. The van der Waals surface area contributed by atoms with E-state index < -0.39 is 0 Å². The highest BCUT2D eigenvalue weighted by Crippen LogP contribution is 2.37. The minimum Gasteiger partial charge on any atom is -0.365 e. The Morgan fingerprint density at radius 2 is 1.93 bits per heavy atom. The first-order chi connectivity index (χ1) is 13.3. The van der Waals surface area contributed by atoms with Crippen LogP contribution in [0.25, 0.3) is 0 Å². The molecule has 1 fully saturated rings. The van der Waals surface area contributed by atoms with Gasteiger partial charge in [-0.15, -0.1) is 0 Å². The van der Waals surface area contributed by atoms with Crippen LogP contribution in [-0.2, 0) is 6.54 Å². The molecule has 1 amide bonds. The highest BCUT2D eigenvalue weighted by Gasteiger charge is 2.30. The summed E-state index contributed by atoms with van der Waals surface area (Å²) in [6.45, 7) is 7.37. The summed E-state index contributed by atoms with van der Waals surface area (Å²) in [4.78, 5) is 31.0. The largest absolute Gasteiger partial charge is 0.365 e. The molecule has 3 N–H and O–H groups in total. The van der Waals surface area contributed by atoms with Crippen molar-refractivity contribution in [2.45, 2.75) is 59.0 Å². The second kappa shape index (κ2) is 8.59. The van der Waals surface area contributed by atoms with Crippen molar-refractivity contribution in [2.24, 2.45) is 11.3 Å². The van der Waals surface area contributed by atoms with Crippen molar-refractivity contribution in [1.82, 2.24) is 15.3 Å². The van der Waals surface area contributed by atoms with Crippen LogP contribution in [-0.4, -0.2) is 21.9 Å². The summed E-state index contributed by atoms with van der Waals surface area (Å²) in [6.07, 6.45) is 7.67. The van der Waals surface area contributed by atoms with Gasteiger partial charge in [-0.1, -0.05) is 26.8 Å². The van der Waals surface area contributed by atoms with Gasteiger partial charge in [0, 0.05) is 31.0 Å². The zero-order chi connectivity index (χ0) is 20.1. The summed E-state index contributed by atoms with van der Waals surface area (Å²) in [6, 6.07) is 7.02. The number of aromatic nitrogens is 2. The first kappa shape index (κ1) is 20.1. The summed E-state index contributed by atoms with van der Waals surface area (Å²) < 4.78 is 0. The Bertz CT molecular complexity index is 841. The predicted octanol–water partition coefficient (Wildman–Crippen LogP) is 3.72. The molecule has 0 atom stereocenters. The molecule has 2 aromatic heterocycles. The molecule has 1 saturated carbocycles. The average molecular weight is 383 g/mol. The summed E-state index contributed by atoms with van der Waals surface area (Å²) >= 11 is 0. The summed E-state index contributed by atoms with van der Waals surface area (Å²) in [5.41, 5.74) is 1.65. The molecule has 0 aromatic carbocycles. The first-order valence-corrected chi connectivity index (χ1v) is 10.0. The number of aromatic amines is 1. The summed E-state index contributed by atoms with van der Waals surface area (Å²) in [7, 11) is 0. The molecular formula is C22H30N4O2. The molecule has 6 heteroatoms. The third-order valence-corrected chi connectivity index (χ3v) is 5.65. The molecule has 0 saturated heterocycles. The molecule has 0 radical (unpaired) electrons. The minimum atomic E-state index is -0.136. The standard InChI is InChI=1S/C22H30N4O2/c1-22(2,3)16-7-9-17(10-8-16)26-21(28)18-5-4-12-23-20(18)25-14-15-6-11-19(27)24-13-15/h4-6,11-13,16-17H,7-10,14H2,1-3H3,(H,23,25)(H,24,27)(H,26,28)/t16-,17-. The molecule has 150 valence electrons. The fraction of sp³-hybridized carbons (Fsp3) is 0.500. The lowest BCUT2D eigenvalue weighted by Crippen LogP contribution is -2.39. The van der Waals surface area contributed by atoms with Crippen LogP contribution < -0.4 is 16.2 Å². The molecule has 2 aromatic rings. The Hall–Kier alpha value is -2.63. The third kappa shape index (κ3) is 5.21. The molecule has 2 heterocycles. The lowest BCUT2D eigenvalue weighted by Gasteiger charge is -2.37. The number of nitrogens with zero attached hydrogens (tertiary/aromatic N) is 1. The minimum absolute atomic E-state index is 0.0868. The number of pyridine rings is 2. The Morgan fingerprint density at radius 1 is 1.18 bits per heavy atom. The van der Waals surface area contributed by atoms with E-state index in [0.29, 0.717) is 29.3 Å². The van der Waals surface area contributed by atoms with Gasteiger partial charge < -0.3 is 15.6 Å². The normalized spacial score (nSPS) is 19.8. The Labute approximate surface area is 166 Å². The van der Waals surface area contributed by atoms with Crippen molar-refractivity contribution < 1.29 is 4.79 Å². The number of hydrogen-bond donors (Lipinski definition) is 3. The zero-order valence-corrected chi connectivity index (χ0v) is 16.9. The van der Waals surface area contributed by atoms with Crippen LogP contribution in [0.3, 0.4) is 0 Å². The van der Waals surface area contributed by atoms with Crippen LogP contribution in [0, 0.1) is 11.3 Å². The maximum atomic E-state index is 12.8. The molecule has 0 unspecified atom stereocenters. The number of carbonyl (C=O) groups excluding carboxylic acids is 1. The van der Waals surface area contributed by atoms with Crippen LogP contribution in [0.15, 0.2) is 41.5 Å². The van der Waals surface area contributed by atoms with E-state index in [-0.39, 0.29) is 17.5 Å². The maximum Gasteiger partial charge on any atom is 0.255 e. The smallest absolute Gasteiger partial charge is 0.255 e. The van der Waals surface area contributed by atoms with Gasteiger partial charge in [-0.05, 0) is 54.7 Å². The first-order valence-electron chi connectivity index (χ1n) is 10.0. The fourth-order valence-corrected chi connectivity index (χ4v) is 3.83. The number of anilines is 1. The van der Waals surface area contributed by atoms with Gasteiger partial charge in [0.25, 0.3) is 5.91 Å². The van der Waals surface area contributed by atoms with E-state index in [1.54, 1.807) is 30.6 Å². The second-order valence-corrected chi connectivity index (χ2v) is 8.70. The van der Waals surface area contributed by atoms with Crippen molar-refractivity contribution in [2.75, 3.05) is 5.32 Å². The van der Waals surface area contributed by atoms with E-state index in [4.69, 9.17) is 0 Å². The van der Waals surface area contributed by atoms with Crippen LogP contribution in [0.4, 0.5) is 5.82 Å². The maximum absolute atomic E-state index is 12.8. The van der Waals surface area contributed by atoms with E-state index in [0.717, 1.165) is 31.2 Å². The lowest BCUT2D eigenvalue weighted by molar-refractivity contribution is 0.0904. The number of amides is 1. The zero-order valence-electron chi connectivity index (χ0n) is 16.9. The van der Waals surface area contributed by atoms with Crippen molar-refractivity contribution >= 4 is 11.7 Å². The molecule has 1 aliphatic carbocycles. The number of carbonyl (C=O) groups is 1. The molecule has 28 heavy (non-hydrogen) atoms. The molecule has 0 aliphatic heterocycles. The van der Waals surface area contributed by atoms with Gasteiger partial charge >= 0.3 is 0 Å². The Morgan fingerprint density at radius 3 is 2.57 bits per heavy atom. The predicted molar refractivity (Wildman–Crippen MR) is 111 cm³/mol. The number of nitrogens with one attached hydrogen (secondary N) is 3. The average Bonchev–Trinajstić information content (AvgIpc) is 2.67. The van der Waals surface area contributed by atoms with Crippen LogP contribution in [0.1, 0.15) is 62.4 Å². The molecule has 3 rings (SSSR count). The van der Waals surface area contributed by atoms with Crippen molar-refractivity contribution in [1.29, 1.82) is 0 Å². The lowest BCUT2D eigenvalue weighted by atomic mass is 9.71. The number of rotatable bonds is 5. The van der Waals surface area contributed by atoms with Gasteiger partial charge in [-0.2, -0.15) is 0 Å². The SMILES string of the molecule is CC(C)(C)[C@H]1CC[C@H](NC(=O)c2cccnc2NCc2ccc(=O)[nH]c2)CC1. The van der Waals surface area contributed by atoms with Crippen LogP contribution in [0.5, 0.6) is 0 Å². The van der Waals surface area contributed by atoms with E-state index in [9.17, 15) is 9.59 Å². The Kier molecular flexibility index (Phi) is 6.17. The monoisotopic (exact) mass is 382 g/mol. The van der Waals surface area contributed by atoms with Gasteiger partial charge in [-0.3, -0.25) is 9.59 Å². The summed E-state index contributed by atoms with van der Waals surface area (Å²) in [5, 5.41) is 6.39. The van der Waals surface area contributed by atoms with E-state index in [1.165, 1.54) is 6.07 Å². The quantitative estimate of drug-likeness (QED) is 0.736. The molecule has 0 bridgehead atoms. The van der Waals surface area contributed by atoms with Crippen molar-refractivity contribution in [3.8, 4) is 0 Å². The molecule has 0 spiro atoms. The van der Waals surface area contributed by atoms with Gasteiger partial charge in [-0.25, -0.2) is 4.98 Å². The highest BCUT2D eigenvalue weighted by atomic mass is 16.1. The van der Waals surface area contributed by atoms with Crippen molar-refractivity contribution in [3.05, 3.63) is 58.1 Å². The van der Waals surface area contributed by atoms with Crippen molar-refractivity contribution in [3.63, 3.8) is 0 Å². The Balaban J connectivity index is 1.60. The van der Waals surface area contributed by atoms with E-state index in [1.807, 2.05) is 0 Å². The number of hydrogen-bond acceptors (Lipinski definition) is 4. The van der Waals surface area contributed by atoms with Gasteiger partial charge in [0.05, 0.1) is 5.56 Å². The molecule has 6 nitrogen and oxygen atoms in total. The number of H-pyrrole nitrogens is 1. The summed E-state index contributed by atoms with van der Waals surface area (Å²) in [5.74, 6) is 1.18. The van der Waals surface area contributed by atoms with E-state index >= 15 is 0 Å². The fourth-order valence-electron chi connectivity index (χ4n) is 3.83. The van der Waals surface area contributed by atoms with E-state index in [2.05, 4.69) is 41.4 Å². The second-order valence-electron chi connectivity index (χ2n) is 8.70. The highest BCUT2D eigenvalue weighted by molar-refractivity contribution is 5.98. The van der Waals surface area contributed by atoms with Gasteiger partial charge in [0.15, 0.2) is 0 Å². The van der Waals surface area contributed by atoms with Gasteiger partial charge in [0.2, 0.25) is 5.56 Å².